The molecule has 3 nitrogen and oxygen atoms in total. The van der Waals surface area contributed by atoms with Gasteiger partial charge in [0.05, 0.1) is 14.3 Å². The van der Waals surface area contributed by atoms with Crippen LogP contribution in [-0.4, -0.2) is 9.97 Å². The van der Waals surface area contributed by atoms with E-state index in [9.17, 15) is 9.18 Å². The van der Waals surface area contributed by atoms with Crippen molar-refractivity contribution in [3.05, 3.63) is 48.7 Å². The zero-order valence-corrected chi connectivity index (χ0v) is 14.0. The number of aromatic amines is 1. The average molecular weight is 419 g/mol. The second-order valence-corrected chi connectivity index (χ2v) is 6.71. The summed E-state index contributed by atoms with van der Waals surface area (Å²) in [5, 5.41) is 0.0242. The van der Waals surface area contributed by atoms with Gasteiger partial charge in [-0.3, -0.25) is 4.79 Å². The van der Waals surface area contributed by atoms with Crippen LogP contribution < -0.4 is 5.56 Å². The Morgan fingerprint density at radius 2 is 2.05 bits per heavy atom. The second-order valence-electron chi connectivity index (χ2n) is 5.22. The van der Waals surface area contributed by atoms with Gasteiger partial charge in [0.15, 0.2) is 0 Å². The molecule has 2 aromatic rings. The van der Waals surface area contributed by atoms with Crippen LogP contribution in [-0.2, 0) is 0 Å². The van der Waals surface area contributed by atoms with Gasteiger partial charge >= 0.3 is 0 Å². The smallest absolute Gasteiger partial charge is 0.264 e. The summed E-state index contributed by atoms with van der Waals surface area (Å²) in [6, 6.07) is 4.34. The number of H-pyrrole nitrogens is 1. The van der Waals surface area contributed by atoms with Gasteiger partial charge in [-0.25, -0.2) is 9.37 Å². The zero-order valence-electron chi connectivity index (χ0n) is 11.1. The zero-order chi connectivity index (χ0) is 15.0. The SMILES string of the molecule is O=c1[nH]c(-c2ccc(F)c(Cl)c2)nc(C2CCCC2)c1I. The third-order valence-corrected chi connectivity index (χ3v) is 5.16. The van der Waals surface area contributed by atoms with E-state index in [1.807, 2.05) is 0 Å². The van der Waals surface area contributed by atoms with Crippen LogP contribution in [0.2, 0.25) is 5.02 Å². The number of hydrogen-bond donors (Lipinski definition) is 1. The molecular weight excluding hydrogens is 406 g/mol. The van der Waals surface area contributed by atoms with Crippen molar-refractivity contribution in [3.8, 4) is 11.4 Å². The number of aromatic nitrogens is 2. The molecule has 0 bridgehead atoms. The van der Waals surface area contributed by atoms with E-state index < -0.39 is 5.82 Å². The Balaban J connectivity index is 2.10. The molecule has 1 aliphatic rings. The Kier molecular flexibility index (Phi) is 4.31. The van der Waals surface area contributed by atoms with Crippen molar-refractivity contribution < 1.29 is 4.39 Å². The van der Waals surface area contributed by atoms with Crippen LogP contribution in [0.15, 0.2) is 23.0 Å². The molecule has 3 rings (SSSR count). The molecule has 0 saturated heterocycles. The van der Waals surface area contributed by atoms with Crippen LogP contribution in [0, 0.1) is 9.39 Å². The van der Waals surface area contributed by atoms with Gasteiger partial charge in [-0.05, 0) is 53.6 Å². The van der Waals surface area contributed by atoms with Crippen LogP contribution in [0.3, 0.4) is 0 Å². The standard InChI is InChI=1S/C15H13ClFIN2O/c16-10-7-9(5-6-11(10)17)14-19-13(8-3-1-2-4-8)12(18)15(21)20-14/h5-8H,1-4H2,(H,19,20,21). The van der Waals surface area contributed by atoms with E-state index in [1.54, 1.807) is 6.07 Å². The molecule has 0 aliphatic heterocycles. The minimum Gasteiger partial charge on any atom is -0.306 e. The Morgan fingerprint density at radius 3 is 2.71 bits per heavy atom. The molecule has 1 heterocycles. The predicted molar refractivity (Wildman–Crippen MR) is 89.2 cm³/mol. The minimum absolute atomic E-state index is 0.0242. The van der Waals surface area contributed by atoms with E-state index in [1.165, 1.54) is 25.0 Å². The Morgan fingerprint density at radius 1 is 1.33 bits per heavy atom. The summed E-state index contributed by atoms with van der Waals surface area (Å²) in [7, 11) is 0. The van der Waals surface area contributed by atoms with Gasteiger partial charge in [-0.2, -0.15) is 0 Å². The summed E-state index contributed by atoms with van der Waals surface area (Å²) >= 11 is 7.86. The van der Waals surface area contributed by atoms with Crippen molar-refractivity contribution in [2.24, 2.45) is 0 Å². The molecule has 1 aromatic carbocycles. The maximum Gasteiger partial charge on any atom is 0.264 e. The number of rotatable bonds is 2. The summed E-state index contributed by atoms with van der Waals surface area (Å²) in [5.74, 6) is 0.308. The molecule has 0 radical (unpaired) electrons. The van der Waals surface area contributed by atoms with E-state index in [0.717, 1.165) is 18.5 Å². The molecular formula is C15H13ClFIN2O. The highest BCUT2D eigenvalue weighted by Crippen LogP contribution is 2.35. The number of benzene rings is 1. The molecule has 1 saturated carbocycles. The van der Waals surface area contributed by atoms with E-state index in [-0.39, 0.29) is 10.6 Å². The molecule has 0 amide bonds. The third-order valence-electron chi connectivity index (χ3n) is 3.82. The first-order chi connectivity index (χ1) is 10.1. The van der Waals surface area contributed by atoms with E-state index in [4.69, 9.17) is 11.6 Å². The lowest BCUT2D eigenvalue weighted by Gasteiger charge is -2.12. The monoisotopic (exact) mass is 418 g/mol. The normalized spacial score (nSPS) is 15.6. The van der Waals surface area contributed by atoms with Crippen LogP contribution in [0.4, 0.5) is 4.39 Å². The molecule has 1 N–H and O–H groups in total. The topological polar surface area (TPSA) is 45.8 Å². The number of nitrogens with zero attached hydrogens (tertiary/aromatic N) is 1. The summed E-state index contributed by atoms with van der Waals surface area (Å²) in [5.41, 5.74) is 1.32. The van der Waals surface area contributed by atoms with Gasteiger partial charge in [0.1, 0.15) is 11.6 Å². The van der Waals surface area contributed by atoms with Crippen LogP contribution in [0.5, 0.6) is 0 Å². The van der Waals surface area contributed by atoms with Gasteiger partial charge in [-0.1, -0.05) is 24.4 Å². The second kappa shape index (κ2) is 6.04. The van der Waals surface area contributed by atoms with E-state index in [2.05, 4.69) is 32.6 Å². The highest BCUT2D eigenvalue weighted by molar-refractivity contribution is 14.1. The Hall–Kier alpha value is -0.950. The molecule has 21 heavy (non-hydrogen) atoms. The maximum absolute atomic E-state index is 13.3. The molecule has 0 atom stereocenters. The van der Waals surface area contributed by atoms with Crippen molar-refractivity contribution in [3.63, 3.8) is 0 Å². The number of halogens is 3. The molecule has 110 valence electrons. The van der Waals surface area contributed by atoms with E-state index >= 15 is 0 Å². The lowest BCUT2D eigenvalue weighted by molar-refractivity contribution is 0.628. The average Bonchev–Trinajstić information content (AvgIpc) is 2.98. The van der Waals surface area contributed by atoms with Crippen molar-refractivity contribution in [2.45, 2.75) is 31.6 Å². The molecule has 1 aromatic heterocycles. The highest BCUT2D eigenvalue weighted by Gasteiger charge is 2.23. The maximum atomic E-state index is 13.3. The lowest BCUT2D eigenvalue weighted by atomic mass is 10.0. The number of hydrogen-bond acceptors (Lipinski definition) is 2. The summed E-state index contributed by atoms with van der Waals surface area (Å²) in [6.45, 7) is 0. The first-order valence-electron chi connectivity index (χ1n) is 6.81. The fourth-order valence-electron chi connectivity index (χ4n) is 2.73. The fourth-order valence-corrected chi connectivity index (χ4v) is 3.60. The van der Waals surface area contributed by atoms with Gasteiger partial charge in [0.25, 0.3) is 5.56 Å². The predicted octanol–water partition coefficient (Wildman–Crippen LogP) is 4.49. The van der Waals surface area contributed by atoms with Crippen LogP contribution in [0.25, 0.3) is 11.4 Å². The molecule has 1 fully saturated rings. The van der Waals surface area contributed by atoms with Crippen molar-refractivity contribution >= 4 is 34.2 Å². The molecule has 0 unspecified atom stereocenters. The van der Waals surface area contributed by atoms with Crippen LogP contribution >= 0.6 is 34.2 Å². The minimum atomic E-state index is -0.482. The summed E-state index contributed by atoms with van der Waals surface area (Å²) in [4.78, 5) is 19.5. The van der Waals surface area contributed by atoms with Crippen molar-refractivity contribution in [1.29, 1.82) is 0 Å². The van der Waals surface area contributed by atoms with E-state index in [0.29, 0.717) is 20.9 Å². The van der Waals surface area contributed by atoms with Gasteiger partial charge in [0, 0.05) is 11.5 Å². The van der Waals surface area contributed by atoms with Gasteiger partial charge < -0.3 is 4.98 Å². The summed E-state index contributed by atoms with van der Waals surface area (Å²) in [6.07, 6.45) is 4.48. The Bertz CT molecular complexity index is 741. The summed E-state index contributed by atoms with van der Waals surface area (Å²) < 4.78 is 13.9. The fraction of sp³-hybridized carbons (Fsp3) is 0.333. The number of nitrogens with one attached hydrogen (secondary N) is 1. The quantitative estimate of drug-likeness (QED) is 0.730. The van der Waals surface area contributed by atoms with Crippen molar-refractivity contribution in [1.82, 2.24) is 9.97 Å². The van der Waals surface area contributed by atoms with Gasteiger partial charge in [0.2, 0.25) is 0 Å². The highest BCUT2D eigenvalue weighted by atomic mass is 127. The van der Waals surface area contributed by atoms with Crippen LogP contribution in [0.1, 0.15) is 37.3 Å². The first-order valence-corrected chi connectivity index (χ1v) is 8.27. The first kappa shape index (κ1) is 15.0. The largest absolute Gasteiger partial charge is 0.306 e. The Labute approximate surface area is 140 Å². The molecule has 6 heteroatoms. The molecule has 0 spiro atoms. The third kappa shape index (κ3) is 2.99. The lowest BCUT2D eigenvalue weighted by Crippen LogP contribution is -2.18. The molecule has 1 aliphatic carbocycles. The van der Waals surface area contributed by atoms with Crippen molar-refractivity contribution in [2.75, 3.05) is 0 Å². The van der Waals surface area contributed by atoms with Gasteiger partial charge in [-0.15, -0.1) is 0 Å².